The molecule has 0 fully saturated rings. The second kappa shape index (κ2) is 7.61. The molecule has 118 valence electrons. The minimum absolute atomic E-state index is 0.0270. The predicted octanol–water partition coefficient (Wildman–Crippen LogP) is 0.579. The van der Waals surface area contributed by atoms with Gasteiger partial charge >= 0.3 is 0 Å². The number of carbonyl (C=O) groups excluding carboxylic acids is 1. The van der Waals surface area contributed by atoms with Gasteiger partial charge in [0.2, 0.25) is 23.8 Å². The summed E-state index contributed by atoms with van der Waals surface area (Å²) in [7, 11) is 1.75. The van der Waals surface area contributed by atoms with Crippen LogP contribution < -0.4 is 16.0 Å². The summed E-state index contributed by atoms with van der Waals surface area (Å²) in [5, 5.41) is 2.98. The summed E-state index contributed by atoms with van der Waals surface area (Å²) in [5.41, 5.74) is 5.72. The molecular formula is C13H25N7O. The van der Waals surface area contributed by atoms with E-state index in [9.17, 15) is 4.79 Å². The van der Waals surface area contributed by atoms with Gasteiger partial charge in [-0.05, 0) is 27.7 Å². The van der Waals surface area contributed by atoms with Crippen molar-refractivity contribution in [1.29, 1.82) is 0 Å². The second-order valence-electron chi connectivity index (χ2n) is 4.71. The van der Waals surface area contributed by atoms with Gasteiger partial charge in [0.05, 0.1) is 0 Å². The molecule has 1 aromatic heterocycles. The van der Waals surface area contributed by atoms with Gasteiger partial charge in [-0.3, -0.25) is 4.79 Å². The number of rotatable bonds is 7. The highest BCUT2D eigenvalue weighted by Gasteiger charge is 2.18. The summed E-state index contributed by atoms with van der Waals surface area (Å²) >= 11 is 0. The molecule has 0 aliphatic carbocycles. The topological polar surface area (TPSA) is 100 Å². The third-order valence-electron chi connectivity index (χ3n) is 3.25. The lowest BCUT2D eigenvalue weighted by atomic mass is 10.3. The third kappa shape index (κ3) is 4.44. The molecule has 1 unspecified atom stereocenters. The van der Waals surface area contributed by atoms with Crippen LogP contribution in [0.3, 0.4) is 0 Å². The molecule has 1 aromatic rings. The fraction of sp³-hybridized carbons (Fsp3) is 0.692. The van der Waals surface area contributed by atoms with E-state index in [4.69, 9.17) is 5.73 Å². The Morgan fingerprint density at radius 1 is 1.19 bits per heavy atom. The number of hydrogen-bond acceptors (Lipinski definition) is 7. The number of carbonyl (C=O) groups is 1. The monoisotopic (exact) mass is 295 g/mol. The number of amides is 1. The number of nitrogens with one attached hydrogen (secondary N) is 1. The van der Waals surface area contributed by atoms with Crippen LogP contribution in [0.25, 0.3) is 0 Å². The quantitative estimate of drug-likeness (QED) is 0.758. The van der Waals surface area contributed by atoms with Crippen LogP contribution in [0.15, 0.2) is 0 Å². The van der Waals surface area contributed by atoms with Crippen molar-refractivity contribution >= 4 is 23.8 Å². The van der Waals surface area contributed by atoms with Crippen molar-refractivity contribution in [1.82, 2.24) is 19.9 Å². The van der Waals surface area contributed by atoms with E-state index in [1.165, 1.54) is 0 Å². The Labute approximate surface area is 125 Å². The van der Waals surface area contributed by atoms with Crippen molar-refractivity contribution in [2.45, 2.75) is 33.7 Å². The Hall–Kier alpha value is -2.12. The molecule has 8 heteroatoms. The standard InChI is InChI=1S/C13H25N7O/c1-6-19(5)10(21)9(4)15-12-16-11(14)17-13(18-12)20(7-2)8-3/h9H,6-8H2,1-5H3,(H3,14,15,16,17,18). The first-order valence-corrected chi connectivity index (χ1v) is 7.20. The molecule has 0 aromatic carbocycles. The molecule has 3 N–H and O–H groups in total. The predicted molar refractivity (Wildman–Crippen MR) is 84.2 cm³/mol. The highest BCUT2D eigenvalue weighted by atomic mass is 16.2. The van der Waals surface area contributed by atoms with Gasteiger partial charge in [-0.25, -0.2) is 0 Å². The van der Waals surface area contributed by atoms with E-state index in [0.717, 1.165) is 13.1 Å². The molecule has 21 heavy (non-hydrogen) atoms. The van der Waals surface area contributed by atoms with E-state index < -0.39 is 6.04 Å². The molecule has 0 aliphatic heterocycles. The molecule has 0 radical (unpaired) electrons. The zero-order chi connectivity index (χ0) is 16.0. The lowest BCUT2D eigenvalue weighted by Gasteiger charge is -2.22. The fourth-order valence-corrected chi connectivity index (χ4v) is 1.83. The number of nitrogens with zero attached hydrogens (tertiary/aromatic N) is 5. The minimum atomic E-state index is -0.429. The van der Waals surface area contributed by atoms with Crippen LogP contribution in [0.4, 0.5) is 17.8 Å². The van der Waals surface area contributed by atoms with E-state index in [0.29, 0.717) is 18.4 Å². The van der Waals surface area contributed by atoms with Gasteiger partial charge < -0.3 is 20.9 Å². The van der Waals surface area contributed by atoms with E-state index in [2.05, 4.69) is 20.3 Å². The van der Waals surface area contributed by atoms with Gasteiger partial charge in [0, 0.05) is 26.7 Å². The van der Waals surface area contributed by atoms with Crippen LogP contribution in [0, 0.1) is 0 Å². The molecule has 0 spiro atoms. The van der Waals surface area contributed by atoms with Crippen LogP contribution >= 0.6 is 0 Å². The van der Waals surface area contributed by atoms with Crippen molar-refractivity contribution in [3.05, 3.63) is 0 Å². The average Bonchev–Trinajstić information content (AvgIpc) is 2.46. The Balaban J connectivity index is 2.91. The summed E-state index contributed by atoms with van der Waals surface area (Å²) in [5.74, 6) is 0.937. The highest BCUT2D eigenvalue weighted by Crippen LogP contribution is 2.12. The van der Waals surface area contributed by atoms with Gasteiger partial charge in [-0.15, -0.1) is 0 Å². The number of nitrogen functional groups attached to an aromatic ring is 1. The van der Waals surface area contributed by atoms with Gasteiger partial charge in [0.25, 0.3) is 0 Å². The third-order valence-corrected chi connectivity index (χ3v) is 3.25. The molecule has 0 aliphatic rings. The molecule has 8 nitrogen and oxygen atoms in total. The zero-order valence-electron chi connectivity index (χ0n) is 13.4. The Morgan fingerprint density at radius 3 is 2.33 bits per heavy atom. The first-order valence-electron chi connectivity index (χ1n) is 7.20. The SMILES string of the molecule is CCN(C)C(=O)C(C)Nc1nc(N)nc(N(CC)CC)n1. The molecule has 1 heterocycles. The number of nitrogens with two attached hydrogens (primary N) is 1. The lowest BCUT2D eigenvalue weighted by molar-refractivity contribution is -0.130. The summed E-state index contributed by atoms with van der Waals surface area (Å²) in [6, 6.07) is -0.429. The largest absolute Gasteiger partial charge is 0.368 e. The van der Waals surface area contributed by atoms with Gasteiger partial charge in [0.1, 0.15) is 6.04 Å². The Bertz CT molecular complexity index is 476. The van der Waals surface area contributed by atoms with Crippen molar-refractivity contribution in [2.24, 2.45) is 0 Å². The van der Waals surface area contributed by atoms with Crippen molar-refractivity contribution < 1.29 is 4.79 Å². The van der Waals surface area contributed by atoms with Crippen LogP contribution in [0.1, 0.15) is 27.7 Å². The highest BCUT2D eigenvalue weighted by molar-refractivity contribution is 5.83. The first-order chi connectivity index (χ1) is 9.92. The maximum atomic E-state index is 12.0. The van der Waals surface area contributed by atoms with Crippen LogP contribution in [0.5, 0.6) is 0 Å². The number of hydrogen-bond donors (Lipinski definition) is 2. The van der Waals surface area contributed by atoms with Crippen LogP contribution in [-0.4, -0.2) is 58.5 Å². The summed E-state index contributed by atoms with van der Waals surface area (Å²) < 4.78 is 0. The van der Waals surface area contributed by atoms with Gasteiger partial charge in [-0.1, -0.05) is 0 Å². The number of aromatic nitrogens is 3. The van der Waals surface area contributed by atoms with Crippen LogP contribution in [0.2, 0.25) is 0 Å². The first kappa shape index (κ1) is 16.9. The minimum Gasteiger partial charge on any atom is -0.368 e. The molecule has 0 bridgehead atoms. The summed E-state index contributed by atoms with van der Waals surface area (Å²) in [6.45, 7) is 9.90. The van der Waals surface area contributed by atoms with E-state index in [1.54, 1.807) is 18.9 Å². The maximum Gasteiger partial charge on any atom is 0.244 e. The molecule has 0 saturated carbocycles. The van der Waals surface area contributed by atoms with Crippen molar-refractivity contribution in [3.8, 4) is 0 Å². The van der Waals surface area contributed by atoms with E-state index in [1.807, 2.05) is 25.7 Å². The van der Waals surface area contributed by atoms with Gasteiger partial charge in [0.15, 0.2) is 0 Å². The number of likely N-dealkylation sites (N-methyl/N-ethyl adjacent to an activating group) is 1. The maximum absolute atomic E-state index is 12.0. The summed E-state index contributed by atoms with van der Waals surface area (Å²) in [4.78, 5) is 28.1. The Morgan fingerprint density at radius 2 is 1.81 bits per heavy atom. The van der Waals surface area contributed by atoms with Crippen molar-refractivity contribution in [3.63, 3.8) is 0 Å². The smallest absolute Gasteiger partial charge is 0.244 e. The lowest BCUT2D eigenvalue weighted by Crippen LogP contribution is -2.39. The molecule has 1 atom stereocenters. The second-order valence-corrected chi connectivity index (χ2v) is 4.71. The normalized spacial score (nSPS) is 11.9. The molecule has 0 saturated heterocycles. The molecule has 1 amide bonds. The van der Waals surface area contributed by atoms with E-state index in [-0.39, 0.29) is 11.9 Å². The fourth-order valence-electron chi connectivity index (χ4n) is 1.83. The molecule has 1 rings (SSSR count). The number of anilines is 3. The zero-order valence-corrected chi connectivity index (χ0v) is 13.4. The van der Waals surface area contributed by atoms with Gasteiger partial charge in [-0.2, -0.15) is 15.0 Å². The Kier molecular flexibility index (Phi) is 6.13. The summed E-state index contributed by atoms with van der Waals surface area (Å²) in [6.07, 6.45) is 0. The van der Waals surface area contributed by atoms with Crippen LogP contribution in [-0.2, 0) is 4.79 Å². The molecular weight excluding hydrogens is 270 g/mol. The average molecular weight is 295 g/mol. The van der Waals surface area contributed by atoms with E-state index >= 15 is 0 Å². The van der Waals surface area contributed by atoms with Crippen molar-refractivity contribution in [2.75, 3.05) is 42.6 Å².